The van der Waals surface area contributed by atoms with Crippen LogP contribution < -0.4 is 5.32 Å². The quantitative estimate of drug-likeness (QED) is 0.789. The molecule has 0 aliphatic heterocycles. The molecule has 0 fully saturated rings. The lowest BCUT2D eigenvalue weighted by molar-refractivity contribution is 0.0939. The van der Waals surface area contributed by atoms with Crippen molar-refractivity contribution in [3.05, 3.63) is 16.4 Å². The van der Waals surface area contributed by atoms with Crippen LogP contribution in [0.25, 0.3) is 0 Å². The van der Waals surface area contributed by atoms with Gasteiger partial charge in [0.2, 0.25) is 0 Å². The fraction of sp³-hybridized carbons (Fsp3) is 0.636. The van der Waals surface area contributed by atoms with E-state index in [4.69, 9.17) is 16.3 Å². The zero-order valence-electron chi connectivity index (χ0n) is 10.4. The van der Waals surface area contributed by atoms with Crippen LogP contribution in [0.3, 0.4) is 0 Å². The smallest absolute Gasteiger partial charge is 0.273 e. The number of aromatic nitrogens is 2. The molecule has 0 saturated heterocycles. The van der Waals surface area contributed by atoms with E-state index in [9.17, 15) is 4.79 Å². The zero-order chi connectivity index (χ0) is 12.8. The van der Waals surface area contributed by atoms with Gasteiger partial charge in [0.1, 0.15) is 0 Å². The second kappa shape index (κ2) is 6.61. The van der Waals surface area contributed by atoms with Crippen molar-refractivity contribution in [3.63, 3.8) is 0 Å². The first kappa shape index (κ1) is 14.0. The minimum atomic E-state index is -0.241. The number of hydrogen-bond donors (Lipinski definition) is 1. The van der Waals surface area contributed by atoms with Crippen LogP contribution in [-0.4, -0.2) is 35.4 Å². The normalized spacial score (nSPS) is 10.6. The summed E-state index contributed by atoms with van der Waals surface area (Å²) in [5, 5.41) is 7.24. The topological polar surface area (TPSA) is 56.1 Å². The molecule has 6 heteroatoms. The molecule has 0 aliphatic rings. The summed E-state index contributed by atoms with van der Waals surface area (Å²) < 4.78 is 6.77. The highest BCUT2D eigenvalue weighted by Gasteiger charge is 2.17. The molecule has 0 radical (unpaired) electrons. The highest BCUT2D eigenvalue weighted by atomic mass is 35.5. The summed E-state index contributed by atoms with van der Waals surface area (Å²) in [7, 11) is 1.76. The first-order valence-electron chi connectivity index (χ1n) is 5.63. The molecule has 1 rings (SSSR count). The number of carbonyl (C=O) groups excluding carboxylic acids is 1. The molecule has 1 aromatic heterocycles. The lowest BCUT2D eigenvalue weighted by Crippen LogP contribution is -2.26. The van der Waals surface area contributed by atoms with Crippen molar-refractivity contribution >= 4 is 17.5 Å². The summed E-state index contributed by atoms with van der Waals surface area (Å²) in [6.07, 6.45) is 0.781. The molecule has 0 aromatic carbocycles. The van der Waals surface area contributed by atoms with Gasteiger partial charge in [0.25, 0.3) is 5.91 Å². The Morgan fingerprint density at radius 2 is 2.29 bits per heavy atom. The molecule has 0 saturated carbocycles. The Balaban J connectivity index is 2.44. The third-order valence-corrected chi connectivity index (χ3v) is 2.88. The van der Waals surface area contributed by atoms with Gasteiger partial charge in [-0.1, -0.05) is 11.6 Å². The van der Waals surface area contributed by atoms with Crippen LogP contribution in [0.4, 0.5) is 0 Å². The first-order valence-corrected chi connectivity index (χ1v) is 6.00. The molecule has 0 bridgehead atoms. The number of hydrogen-bond acceptors (Lipinski definition) is 3. The predicted octanol–water partition coefficient (Wildman–Crippen LogP) is 1.54. The minimum absolute atomic E-state index is 0.241. The summed E-state index contributed by atoms with van der Waals surface area (Å²) in [6.45, 7) is 5.66. The van der Waals surface area contributed by atoms with Crippen LogP contribution in [0.1, 0.15) is 29.5 Å². The molecule has 17 heavy (non-hydrogen) atoms. The number of rotatable bonds is 6. The molecule has 0 aliphatic carbocycles. The van der Waals surface area contributed by atoms with Crippen molar-refractivity contribution < 1.29 is 9.53 Å². The van der Waals surface area contributed by atoms with Crippen molar-refractivity contribution in [1.82, 2.24) is 15.1 Å². The van der Waals surface area contributed by atoms with Crippen molar-refractivity contribution in [2.75, 3.05) is 19.8 Å². The molecule has 0 spiro atoms. The lowest BCUT2D eigenvalue weighted by atomic mass is 10.3. The average molecular weight is 260 g/mol. The summed E-state index contributed by atoms with van der Waals surface area (Å²) in [5.41, 5.74) is 1.06. The Bertz CT molecular complexity index is 390. The maximum Gasteiger partial charge on any atom is 0.273 e. The number of halogens is 1. The molecular weight excluding hydrogens is 242 g/mol. The van der Waals surface area contributed by atoms with Gasteiger partial charge in [0.15, 0.2) is 5.69 Å². The molecule has 0 unspecified atom stereocenters. The maximum absolute atomic E-state index is 11.8. The Morgan fingerprint density at radius 3 is 2.82 bits per heavy atom. The fourth-order valence-electron chi connectivity index (χ4n) is 1.33. The van der Waals surface area contributed by atoms with Gasteiger partial charge in [0.05, 0.1) is 10.7 Å². The second-order valence-corrected chi connectivity index (χ2v) is 4.06. The fourth-order valence-corrected chi connectivity index (χ4v) is 1.58. The van der Waals surface area contributed by atoms with E-state index in [0.29, 0.717) is 24.8 Å². The molecule has 5 nitrogen and oxygen atoms in total. The van der Waals surface area contributed by atoms with Gasteiger partial charge in [-0.2, -0.15) is 5.10 Å². The van der Waals surface area contributed by atoms with Crippen molar-refractivity contribution in [1.29, 1.82) is 0 Å². The summed E-state index contributed by atoms with van der Waals surface area (Å²) >= 11 is 6.00. The number of nitrogens with one attached hydrogen (secondary N) is 1. The van der Waals surface area contributed by atoms with E-state index in [1.807, 2.05) is 13.8 Å². The number of aryl methyl sites for hydroxylation is 1. The lowest BCUT2D eigenvalue weighted by Gasteiger charge is -2.03. The van der Waals surface area contributed by atoms with E-state index in [0.717, 1.165) is 12.1 Å². The largest absolute Gasteiger partial charge is 0.382 e. The molecule has 96 valence electrons. The molecule has 1 N–H and O–H groups in total. The Kier molecular flexibility index (Phi) is 5.44. The van der Waals surface area contributed by atoms with Gasteiger partial charge in [-0.25, -0.2) is 0 Å². The SMILES string of the molecule is CCOCCCNC(=O)c1nn(C)c(C)c1Cl. The zero-order valence-corrected chi connectivity index (χ0v) is 11.2. The van der Waals surface area contributed by atoms with Gasteiger partial charge in [0, 0.05) is 26.8 Å². The van der Waals surface area contributed by atoms with Gasteiger partial charge >= 0.3 is 0 Å². The Labute approximate surface area is 106 Å². The van der Waals surface area contributed by atoms with E-state index < -0.39 is 0 Å². The van der Waals surface area contributed by atoms with Gasteiger partial charge in [-0.15, -0.1) is 0 Å². The standard InChI is InChI=1S/C11H18ClN3O2/c1-4-17-7-5-6-13-11(16)10-9(12)8(2)15(3)14-10/h4-7H2,1-3H3,(H,13,16). The van der Waals surface area contributed by atoms with E-state index in [1.165, 1.54) is 0 Å². The third-order valence-electron chi connectivity index (χ3n) is 2.43. The molecule has 1 aromatic rings. The maximum atomic E-state index is 11.8. The number of carbonyl (C=O) groups is 1. The molecule has 1 heterocycles. The van der Waals surface area contributed by atoms with Crippen LogP contribution in [0.15, 0.2) is 0 Å². The highest BCUT2D eigenvalue weighted by molar-refractivity contribution is 6.34. The van der Waals surface area contributed by atoms with Crippen LogP contribution in [0.5, 0.6) is 0 Å². The van der Waals surface area contributed by atoms with Crippen molar-refractivity contribution in [2.24, 2.45) is 7.05 Å². The van der Waals surface area contributed by atoms with E-state index in [2.05, 4.69) is 10.4 Å². The van der Waals surface area contributed by atoms with Crippen molar-refractivity contribution in [3.8, 4) is 0 Å². The molecule has 1 amide bonds. The van der Waals surface area contributed by atoms with Gasteiger partial charge in [-0.3, -0.25) is 9.48 Å². The van der Waals surface area contributed by atoms with Crippen LogP contribution >= 0.6 is 11.6 Å². The third kappa shape index (κ3) is 3.71. The number of ether oxygens (including phenoxy) is 1. The summed E-state index contributed by atoms with van der Waals surface area (Å²) in [6, 6.07) is 0. The first-order chi connectivity index (χ1) is 8.07. The number of amides is 1. The molecule has 0 atom stereocenters. The predicted molar refractivity (Wildman–Crippen MR) is 66.4 cm³/mol. The monoisotopic (exact) mass is 259 g/mol. The van der Waals surface area contributed by atoms with Gasteiger partial charge in [-0.05, 0) is 20.3 Å². The minimum Gasteiger partial charge on any atom is -0.382 e. The molecular formula is C11H18ClN3O2. The van der Waals surface area contributed by atoms with Crippen LogP contribution in [0.2, 0.25) is 5.02 Å². The van der Waals surface area contributed by atoms with Crippen LogP contribution in [-0.2, 0) is 11.8 Å². The van der Waals surface area contributed by atoms with Gasteiger partial charge < -0.3 is 10.1 Å². The van der Waals surface area contributed by atoms with Crippen molar-refractivity contribution in [2.45, 2.75) is 20.3 Å². The van der Waals surface area contributed by atoms with E-state index in [1.54, 1.807) is 11.7 Å². The van der Waals surface area contributed by atoms with Crippen LogP contribution in [0, 0.1) is 6.92 Å². The summed E-state index contributed by atoms with van der Waals surface area (Å²) in [5.74, 6) is -0.241. The Morgan fingerprint density at radius 1 is 1.59 bits per heavy atom. The van der Waals surface area contributed by atoms with E-state index in [-0.39, 0.29) is 11.6 Å². The second-order valence-electron chi connectivity index (χ2n) is 3.68. The summed E-state index contributed by atoms with van der Waals surface area (Å²) in [4.78, 5) is 11.8. The number of nitrogens with zero attached hydrogens (tertiary/aromatic N) is 2. The van der Waals surface area contributed by atoms with E-state index >= 15 is 0 Å². The average Bonchev–Trinajstić information content (AvgIpc) is 2.56. The Hall–Kier alpha value is -1.07. The highest BCUT2D eigenvalue weighted by Crippen LogP contribution is 2.18.